The van der Waals surface area contributed by atoms with Crippen LogP contribution in [0.1, 0.15) is 69.8 Å². The van der Waals surface area contributed by atoms with Crippen LogP contribution >= 0.6 is 0 Å². The van der Waals surface area contributed by atoms with E-state index in [1.165, 1.54) is 44.1 Å². The minimum Gasteiger partial charge on any atom is -0.373 e. The van der Waals surface area contributed by atoms with Gasteiger partial charge in [-0.05, 0) is 63.5 Å². The van der Waals surface area contributed by atoms with Gasteiger partial charge in [-0.2, -0.15) is 0 Å². The number of ether oxygens (including phenoxy) is 1. The normalized spacial score (nSPS) is 34.5. The van der Waals surface area contributed by atoms with Crippen molar-refractivity contribution in [3.8, 4) is 0 Å². The van der Waals surface area contributed by atoms with Crippen LogP contribution in [0.25, 0.3) is 0 Å². The Hall–Kier alpha value is -1.43. The first-order valence-corrected chi connectivity index (χ1v) is 12.2. The lowest BCUT2D eigenvalue weighted by Gasteiger charge is -2.43. The van der Waals surface area contributed by atoms with Gasteiger partial charge in [0.25, 0.3) is 0 Å². The molecule has 1 amide bonds. The summed E-state index contributed by atoms with van der Waals surface area (Å²) in [5, 5.41) is 7.30. The minimum absolute atomic E-state index is 0.273. The summed E-state index contributed by atoms with van der Waals surface area (Å²) in [6, 6.07) is 11.8. The molecule has 2 aliphatic carbocycles. The lowest BCUT2D eigenvalue weighted by Crippen LogP contribution is -2.61. The fourth-order valence-corrected chi connectivity index (χ4v) is 6.14. The molecule has 2 aliphatic heterocycles. The zero-order valence-electron chi connectivity index (χ0n) is 18.2. The maximum Gasteiger partial charge on any atom is 0.240 e. The Morgan fingerprint density at radius 1 is 1.03 bits per heavy atom. The molecular formula is C25H37N3O2. The van der Waals surface area contributed by atoms with Crippen LogP contribution in [0.4, 0.5) is 0 Å². The number of carbonyl (C=O) groups excluding carboxylic acids is 1. The van der Waals surface area contributed by atoms with Crippen molar-refractivity contribution in [2.75, 3.05) is 13.1 Å². The summed E-state index contributed by atoms with van der Waals surface area (Å²) >= 11 is 0. The molecule has 5 nitrogen and oxygen atoms in total. The SMILES string of the molecule is O=C(NC1CC(OCc2ccccc2)C1)[C@]12CCCCN1C[C@@H](NC1CCCC1)C2. The Morgan fingerprint density at radius 2 is 1.83 bits per heavy atom. The van der Waals surface area contributed by atoms with Crippen LogP contribution in [0.15, 0.2) is 30.3 Å². The Morgan fingerprint density at radius 3 is 2.63 bits per heavy atom. The molecule has 1 aromatic carbocycles. The molecule has 4 aliphatic rings. The minimum atomic E-state index is -0.273. The average molecular weight is 412 g/mol. The first kappa shape index (κ1) is 20.5. The third-order valence-corrected chi connectivity index (χ3v) is 7.91. The molecule has 30 heavy (non-hydrogen) atoms. The van der Waals surface area contributed by atoms with Crippen LogP contribution in [0, 0.1) is 0 Å². The highest BCUT2D eigenvalue weighted by molar-refractivity contribution is 5.87. The van der Waals surface area contributed by atoms with Gasteiger partial charge >= 0.3 is 0 Å². The Balaban J connectivity index is 1.12. The summed E-state index contributed by atoms with van der Waals surface area (Å²) in [5.74, 6) is 0.282. The molecule has 0 radical (unpaired) electrons. The number of amides is 1. The van der Waals surface area contributed by atoms with Gasteiger partial charge in [0.05, 0.1) is 12.7 Å². The summed E-state index contributed by atoms with van der Waals surface area (Å²) in [6.07, 6.45) is 11.9. The molecule has 4 fully saturated rings. The maximum absolute atomic E-state index is 13.5. The lowest BCUT2D eigenvalue weighted by molar-refractivity contribution is -0.136. The number of carbonyl (C=O) groups is 1. The van der Waals surface area contributed by atoms with Crippen molar-refractivity contribution in [1.29, 1.82) is 0 Å². The van der Waals surface area contributed by atoms with E-state index < -0.39 is 0 Å². The van der Waals surface area contributed by atoms with Crippen molar-refractivity contribution in [3.05, 3.63) is 35.9 Å². The van der Waals surface area contributed by atoms with E-state index in [4.69, 9.17) is 4.74 Å². The molecule has 0 unspecified atom stereocenters. The largest absolute Gasteiger partial charge is 0.373 e. The van der Waals surface area contributed by atoms with Gasteiger partial charge in [-0.3, -0.25) is 9.69 Å². The van der Waals surface area contributed by atoms with E-state index in [-0.39, 0.29) is 23.6 Å². The standard InChI is InChI=1S/C25H37N3O2/c29-24(27-21-14-23(15-21)30-18-19-8-2-1-3-9-19)25-12-6-7-13-28(25)17-22(16-25)26-20-10-4-5-11-20/h1-3,8-9,20-23,26H,4-7,10-18H2,(H,27,29)/t21?,22-,23?,25+/m0/s1. The number of hydrogen-bond acceptors (Lipinski definition) is 4. The van der Waals surface area contributed by atoms with Crippen molar-refractivity contribution in [2.24, 2.45) is 0 Å². The Kier molecular flexibility index (Phi) is 6.12. The van der Waals surface area contributed by atoms with Crippen LogP contribution in [-0.4, -0.2) is 53.7 Å². The van der Waals surface area contributed by atoms with Gasteiger partial charge in [-0.25, -0.2) is 0 Å². The topological polar surface area (TPSA) is 53.6 Å². The summed E-state index contributed by atoms with van der Waals surface area (Å²) in [5.41, 5.74) is 0.943. The smallest absolute Gasteiger partial charge is 0.240 e. The number of nitrogens with one attached hydrogen (secondary N) is 2. The van der Waals surface area contributed by atoms with Crippen molar-refractivity contribution < 1.29 is 9.53 Å². The van der Waals surface area contributed by atoms with Gasteiger partial charge in [-0.1, -0.05) is 43.2 Å². The molecule has 2 saturated carbocycles. The molecule has 5 rings (SSSR count). The van der Waals surface area contributed by atoms with Crippen LogP contribution in [0.5, 0.6) is 0 Å². The van der Waals surface area contributed by atoms with Crippen LogP contribution < -0.4 is 10.6 Å². The van der Waals surface area contributed by atoms with Crippen molar-refractivity contribution >= 4 is 5.91 Å². The first-order chi connectivity index (χ1) is 14.7. The van der Waals surface area contributed by atoms with Crippen LogP contribution in [0.3, 0.4) is 0 Å². The predicted octanol–water partition coefficient (Wildman–Crippen LogP) is 3.38. The van der Waals surface area contributed by atoms with Gasteiger partial charge < -0.3 is 15.4 Å². The predicted molar refractivity (Wildman–Crippen MR) is 118 cm³/mol. The second kappa shape index (κ2) is 8.97. The van der Waals surface area contributed by atoms with Gasteiger partial charge in [0.15, 0.2) is 0 Å². The number of hydrogen-bond donors (Lipinski definition) is 2. The van der Waals surface area contributed by atoms with E-state index in [1.54, 1.807) is 0 Å². The zero-order valence-corrected chi connectivity index (χ0v) is 18.2. The van der Waals surface area contributed by atoms with E-state index in [1.807, 2.05) is 18.2 Å². The molecule has 2 saturated heterocycles. The van der Waals surface area contributed by atoms with Crippen LogP contribution in [-0.2, 0) is 16.1 Å². The zero-order chi connectivity index (χ0) is 20.4. The van der Waals surface area contributed by atoms with E-state index in [2.05, 4.69) is 27.7 Å². The number of nitrogens with zero attached hydrogens (tertiary/aromatic N) is 1. The summed E-state index contributed by atoms with van der Waals surface area (Å²) in [7, 11) is 0. The molecule has 0 aromatic heterocycles. The maximum atomic E-state index is 13.5. The molecule has 0 spiro atoms. The molecule has 2 N–H and O–H groups in total. The fraction of sp³-hybridized carbons (Fsp3) is 0.720. The fourth-order valence-electron chi connectivity index (χ4n) is 6.14. The van der Waals surface area contributed by atoms with E-state index in [0.717, 1.165) is 38.8 Å². The third kappa shape index (κ3) is 4.30. The van der Waals surface area contributed by atoms with E-state index in [0.29, 0.717) is 18.7 Å². The Labute approximate surface area is 180 Å². The first-order valence-electron chi connectivity index (χ1n) is 12.2. The Bertz CT molecular complexity index is 714. The molecule has 2 atom stereocenters. The molecule has 164 valence electrons. The average Bonchev–Trinajstić information content (AvgIpc) is 3.38. The van der Waals surface area contributed by atoms with Gasteiger partial charge in [-0.15, -0.1) is 0 Å². The molecular weight excluding hydrogens is 374 g/mol. The highest BCUT2D eigenvalue weighted by Gasteiger charge is 2.52. The van der Waals surface area contributed by atoms with E-state index >= 15 is 0 Å². The van der Waals surface area contributed by atoms with Gasteiger partial charge in [0, 0.05) is 24.7 Å². The number of piperidine rings is 1. The molecule has 5 heteroatoms. The number of rotatable bonds is 7. The second-order valence-corrected chi connectivity index (χ2v) is 10.0. The van der Waals surface area contributed by atoms with Gasteiger partial charge in [0.1, 0.15) is 5.54 Å². The summed E-state index contributed by atoms with van der Waals surface area (Å²) in [6.45, 7) is 2.78. The number of benzene rings is 1. The quantitative estimate of drug-likeness (QED) is 0.722. The van der Waals surface area contributed by atoms with Crippen molar-refractivity contribution in [3.63, 3.8) is 0 Å². The summed E-state index contributed by atoms with van der Waals surface area (Å²) < 4.78 is 6.03. The molecule has 0 bridgehead atoms. The van der Waals surface area contributed by atoms with E-state index in [9.17, 15) is 4.79 Å². The lowest BCUT2D eigenvalue weighted by atomic mass is 9.82. The third-order valence-electron chi connectivity index (χ3n) is 7.91. The highest BCUT2D eigenvalue weighted by Crippen LogP contribution is 2.39. The second-order valence-electron chi connectivity index (χ2n) is 10.0. The van der Waals surface area contributed by atoms with Crippen LogP contribution in [0.2, 0.25) is 0 Å². The molecule has 2 heterocycles. The highest BCUT2D eigenvalue weighted by atomic mass is 16.5. The summed E-state index contributed by atoms with van der Waals surface area (Å²) in [4.78, 5) is 16.0. The molecule has 1 aromatic rings. The van der Waals surface area contributed by atoms with Crippen molar-refractivity contribution in [1.82, 2.24) is 15.5 Å². The number of fused-ring (bicyclic) bond motifs is 1. The van der Waals surface area contributed by atoms with Gasteiger partial charge in [0.2, 0.25) is 5.91 Å². The van der Waals surface area contributed by atoms with Crippen molar-refractivity contribution in [2.45, 2.75) is 101 Å². The monoisotopic (exact) mass is 411 g/mol.